The highest BCUT2D eigenvalue weighted by Crippen LogP contribution is 2.24. The second kappa shape index (κ2) is 10.1. The molecule has 8 heteroatoms. The van der Waals surface area contributed by atoms with Gasteiger partial charge in [-0.2, -0.15) is 0 Å². The van der Waals surface area contributed by atoms with Crippen LogP contribution in [-0.2, 0) is 5.54 Å². The normalized spacial score (nSPS) is 15.1. The average Bonchev–Trinajstić information content (AvgIpc) is 3.17. The van der Waals surface area contributed by atoms with Gasteiger partial charge in [0, 0.05) is 0 Å². The summed E-state index contributed by atoms with van der Waals surface area (Å²) in [4.78, 5) is 12.7. The van der Waals surface area contributed by atoms with Crippen molar-refractivity contribution in [2.75, 3.05) is 19.7 Å². The maximum atomic E-state index is 12.7. The number of carbonyl (C=O) groups excluding carboxylic acids is 1. The Morgan fingerprint density at radius 1 is 1.28 bits per heavy atom. The summed E-state index contributed by atoms with van der Waals surface area (Å²) < 4.78 is 7.56. The summed E-state index contributed by atoms with van der Waals surface area (Å²) in [6.07, 6.45) is 3.76. The molecule has 2 heterocycles. The van der Waals surface area contributed by atoms with E-state index in [9.17, 15) is 4.79 Å². The number of piperidine rings is 1. The Balaban J connectivity index is 0.00000300. The standard InChI is InChI=1S/C21H31N5O2.ClH/c1-15(2)14-28-18-7-5-16(6-8-18)21(3,4)23-20(27)19-13-26(25-24-19)17-9-11-22-12-10-17;/h5-8,13,15,17,22H,9-12,14H2,1-4H3,(H,23,27);1H. The first-order valence-electron chi connectivity index (χ1n) is 10.0. The van der Waals surface area contributed by atoms with E-state index in [-0.39, 0.29) is 18.3 Å². The Bertz CT molecular complexity index is 783. The molecule has 7 nitrogen and oxygen atoms in total. The highest BCUT2D eigenvalue weighted by Gasteiger charge is 2.26. The van der Waals surface area contributed by atoms with Gasteiger partial charge in [0.15, 0.2) is 5.69 Å². The number of hydrogen-bond donors (Lipinski definition) is 2. The molecule has 1 aromatic heterocycles. The van der Waals surface area contributed by atoms with Crippen LogP contribution in [0.2, 0.25) is 0 Å². The van der Waals surface area contributed by atoms with Crippen molar-refractivity contribution >= 4 is 18.3 Å². The molecule has 2 N–H and O–H groups in total. The van der Waals surface area contributed by atoms with Crippen molar-refractivity contribution in [2.24, 2.45) is 5.92 Å². The molecule has 0 unspecified atom stereocenters. The van der Waals surface area contributed by atoms with Gasteiger partial charge < -0.3 is 15.4 Å². The third-order valence-corrected chi connectivity index (χ3v) is 5.01. The minimum atomic E-state index is -0.536. The van der Waals surface area contributed by atoms with E-state index in [1.54, 1.807) is 6.20 Å². The van der Waals surface area contributed by atoms with Crippen LogP contribution in [0.25, 0.3) is 0 Å². The van der Waals surface area contributed by atoms with Crippen LogP contribution in [0.1, 0.15) is 62.6 Å². The van der Waals surface area contributed by atoms with Crippen molar-refractivity contribution in [3.05, 3.63) is 41.7 Å². The van der Waals surface area contributed by atoms with Gasteiger partial charge in [0.05, 0.1) is 24.4 Å². The van der Waals surface area contributed by atoms with Gasteiger partial charge in [0.2, 0.25) is 0 Å². The molecule has 0 saturated carbocycles. The molecule has 1 aliphatic rings. The predicted octanol–water partition coefficient (Wildman–Crippen LogP) is 3.32. The molecule has 1 amide bonds. The molecule has 0 spiro atoms. The van der Waals surface area contributed by atoms with Crippen molar-refractivity contribution in [1.29, 1.82) is 0 Å². The van der Waals surface area contributed by atoms with Crippen LogP contribution in [0.15, 0.2) is 30.5 Å². The number of hydrogen-bond acceptors (Lipinski definition) is 5. The van der Waals surface area contributed by atoms with Gasteiger partial charge >= 0.3 is 0 Å². The number of nitrogens with zero attached hydrogens (tertiary/aromatic N) is 3. The van der Waals surface area contributed by atoms with E-state index < -0.39 is 5.54 Å². The lowest BCUT2D eigenvalue weighted by Crippen LogP contribution is -2.41. The lowest BCUT2D eigenvalue weighted by atomic mass is 9.94. The first kappa shape index (κ1) is 23.2. The van der Waals surface area contributed by atoms with E-state index in [1.807, 2.05) is 42.8 Å². The highest BCUT2D eigenvalue weighted by molar-refractivity contribution is 5.92. The Hall–Kier alpha value is -2.12. The molecule has 1 saturated heterocycles. The lowest BCUT2D eigenvalue weighted by molar-refractivity contribution is 0.0906. The zero-order valence-corrected chi connectivity index (χ0v) is 18.5. The van der Waals surface area contributed by atoms with Crippen LogP contribution in [0.3, 0.4) is 0 Å². The van der Waals surface area contributed by atoms with Crippen LogP contribution in [0.4, 0.5) is 0 Å². The molecule has 29 heavy (non-hydrogen) atoms. The van der Waals surface area contributed by atoms with E-state index in [1.165, 1.54) is 0 Å². The van der Waals surface area contributed by atoms with Crippen molar-refractivity contribution in [3.63, 3.8) is 0 Å². The topological polar surface area (TPSA) is 81.1 Å². The quantitative estimate of drug-likeness (QED) is 0.716. The Morgan fingerprint density at radius 2 is 1.93 bits per heavy atom. The Kier molecular flexibility index (Phi) is 8.05. The minimum Gasteiger partial charge on any atom is -0.493 e. The molecule has 3 rings (SSSR count). The van der Waals surface area contributed by atoms with Gasteiger partial charge in [0.1, 0.15) is 5.75 Å². The zero-order valence-electron chi connectivity index (χ0n) is 17.6. The van der Waals surface area contributed by atoms with Crippen LogP contribution in [0.5, 0.6) is 5.75 Å². The summed E-state index contributed by atoms with van der Waals surface area (Å²) in [5, 5.41) is 14.7. The fraction of sp³-hybridized carbons (Fsp3) is 0.571. The smallest absolute Gasteiger partial charge is 0.274 e. The van der Waals surface area contributed by atoms with E-state index in [0.29, 0.717) is 24.3 Å². The highest BCUT2D eigenvalue weighted by atomic mass is 35.5. The van der Waals surface area contributed by atoms with Gasteiger partial charge in [-0.05, 0) is 63.4 Å². The van der Waals surface area contributed by atoms with E-state index in [0.717, 1.165) is 37.2 Å². The predicted molar refractivity (Wildman–Crippen MR) is 116 cm³/mol. The number of ether oxygens (including phenoxy) is 1. The number of carbonyl (C=O) groups is 1. The van der Waals surface area contributed by atoms with Crippen molar-refractivity contribution < 1.29 is 9.53 Å². The van der Waals surface area contributed by atoms with Gasteiger partial charge in [-0.1, -0.05) is 31.2 Å². The molecule has 160 valence electrons. The number of nitrogens with one attached hydrogen (secondary N) is 2. The second-order valence-corrected chi connectivity index (χ2v) is 8.37. The van der Waals surface area contributed by atoms with Crippen molar-refractivity contribution in [3.8, 4) is 5.75 Å². The fourth-order valence-electron chi connectivity index (χ4n) is 3.28. The van der Waals surface area contributed by atoms with Crippen LogP contribution in [0, 0.1) is 5.92 Å². The second-order valence-electron chi connectivity index (χ2n) is 8.37. The third kappa shape index (κ3) is 6.18. The van der Waals surface area contributed by atoms with Crippen LogP contribution < -0.4 is 15.4 Å². The summed E-state index contributed by atoms with van der Waals surface area (Å²) in [7, 11) is 0. The lowest BCUT2D eigenvalue weighted by Gasteiger charge is -2.26. The maximum Gasteiger partial charge on any atom is 0.274 e. The van der Waals surface area contributed by atoms with Gasteiger partial charge in [-0.25, -0.2) is 4.68 Å². The number of aromatic nitrogens is 3. The van der Waals surface area contributed by atoms with E-state index in [4.69, 9.17) is 4.74 Å². The van der Waals surface area contributed by atoms with Crippen molar-refractivity contribution in [2.45, 2.75) is 52.1 Å². The van der Waals surface area contributed by atoms with E-state index in [2.05, 4.69) is 34.8 Å². The minimum absolute atomic E-state index is 0. The Labute approximate surface area is 179 Å². The SMILES string of the molecule is CC(C)COc1ccc(C(C)(C)NC(=O)c2cn(C3CCNCC3)nn2)cc1.Cl. The van der Waals surface area contributed by atoms with Crippen molar-refractivity contribution in [1.82, 2.24) is 25.6 Å². The average molecular weight is 422 g/mol. The largest absolute Gasteiger partial charge is 0.493 e. The molecule has 0 aliphatic carbocycles. The molecule has 1 aliphatic heterocycles. The van der Waals surface area contributed by atoms with Gasteiger partial charge in [-0.15, -0.1) is 17.5 Å². The Morgan fingerprint density at radius 3 is 2.55 bits per heavy atom. The summed E-state index contributed by atoms with van der Waals surface area (Å²) >= 11 is 0. The maximum absolute atomic E-state index is 12.7. The molecule has 0 bridgehead atoms. The first-order chi connectivity index (χ1) is 13.3. The third-order valence-electron chi connectivity index (χ3n) is 5.01. The van der Waals surface area contributed by atoms with Crippen LogP contribution in [-0.4, -0.2) is 40.6 Å². The number of halogens is 1. The van der Waals surface area contributed by atoms with Gasteiger partial charge in [-0.3, -0.25) is 4.79 Å². The number of rotatable bonds is 7. The molecule has 1 fully saturated rings. The molecule has 0 atom stereocenters. The molecule has 0 radical (unpaired) electrons. The first-order valence-corrected chi connectivity index (χ1v) is 10.0. The van der Waals surface area contributed by atoms with Gasteiger partial charge in [0.25, 0.3) is 5.91 Å². The fourth-order valence-corrected chi connectivity index (χ4v) is 3.28. The molecule has 2 aromatic rings. The van der Waals surface area contributed by atoms with E-state index >= 15 is 0 Å². The summed E-state index contributed by atoms with van der Waals surface area (Å²) in [5.41, 5.74) is 0.818. The summed E-state index contributed by atoms with van der Waals surface area (Å²) in [5.74, 6) is 1.10. The van der Waals surface area contributed by atoms with Crippen LogP contribution >= 0.6 is 12.4 Å². The summed E-state index contributed by atoms with van der Waals surface area (Å²) in [6.45, 7) is 10.8. The molecular formula is C21H32ClN5O2. The zero-order chi connectivity index (χ0) is 20.1. The molecular weight excluding hydrogens is 390 g/mol. The number of amides is 1. The summed E-state index contributed by atoms with van der Waals surface area (Å²) in [6, 6.07) is 8.17. The monoisotopic (exact) mass is 421 g/mol. The number of benzene rings is 1. The molecule has 1 aromatic carbocycles.